The van der Waals surface area contributed by atoms with Crippen LogP contribution in [-0.4, -0.2) is 114 Å². The lowest BCUT2D eigenvalue weighted by Crippen LogP contribution is -2.54. The van der Waals surface area contributed by atoms with Gasteiger partial charge in [0.25, 0.3) is 17.7 Å². The largest absolute Gasteiger partial charge is 0.490 e. The average molecular weight is 822 g/mol. The van der Waals surface area contributed by atoms with Crippen molar-refractivity contribution >= 4 is 52.5 Å². The number of nitrogens with one attached hydrogen (secondary N) is 1. The first-order valence-electron chi connectivity index (χ1n) is 20.6. The molecule has 59 heavy (non-hydrogen) atoms. The first kappa shape index (κ1) is 39.0. The second-order valence-electron chi connectivity index (χ2n) is 16.6. The SMILES string of the molecule is N#Cc1ccc(O[C@H]2C[C@H]3CC[C@@H](C2)N3C(=O)c2ccc(N3CCN(CC4CCN(c5ccc6c(c5)C(=O)N(C5CCC(=O)NC5=O)C6=O)CC4)CC3)c(F)c2)cc1Cl. The lowest BCUT2D eigenvalue weighted by Gasteiger charge is -2.40. The molecule has 0 spiro atoms. The number of fused-ring (bicyclic) bond motifs is 3. The summed E-state index contributed by atoms with van der Waals surface area (Å²) in [5, 5.41) is 11.8. The highest BCUT2D eigenvalue weighted by molar-refractivity contribution is 6.31. The third-order valence-electron chi connectivity index (χ3n) is 13.1. The van der Waals surface area contributed by atoms with E-state index in [1.807, 2.05) is 11.0 Å². The van der Waals surface area contributed by atoms with Crippen LogP contribution in [0.4, 0.5) is 15.8 Å². The minimum Gasteiger partial charge on any atom is -0.490 e. The van der Waals surface area contributed by atoms with Gasteiger partial charge in [0.1, 0.15) is 29.8 Å². The summed E-state index contributed by atoms with van der Waals surface area (Å²) < 4.78 is 21.9. The Morgan fingerprint density at radius 1 is 0.831 bits per heavy atom. The molecule has 1 N–H and O–H groups in total. The predicted molar refractivity (Wildman–Crippen MR) is 216 cm³/mol. The van der Waals surface area contributed by atoms with Gasteiger partial charge in [0, 0.05) is 94.5 Å². The lowest BCUT2D eigenvalue weighted by molar-refractivity contribution is -0.136. The Kier molecular flexibility index (Phi) is 10.5. The van der Waals surface area contributed by atoms with Crippen LogP contribution in [0.1, 0.15) is 88.0 Å². The molecule has 15 heteroatoms. The zero-order chi connectivity index (χ0) is 40.9. The number of ether oxygens (including phenoxy) is 1. The van der Waals surface area contributed by atoms with Gasteiger partial charge in [-0.05, 0) is 86.6 Å². The van der Waals surface area contributed by atoms with Crippen LogP contribution in [0.3, 0.4) is 0 Å². The minimum atomic E-state index is -0.988. The maximum absolute atomic E-state index is 15.7. The van der Waals surface area contributed by atoms with Gasteiger partial charge in [-0.2, -0.15) is 5.26 Å². The van der Waals surface area contributed by atoms with Crippen molar-refractivity contribution in [2.75, 3.05) is 55.6 Å². The van der Waals surface area contributed by atoms with Gasteiger partial charge in [0.05, 0.1) is 27.4 Å². The number of carbonyl (C=O) groups is 5. The van der Waals surface area contributed by atoms with E-state index >= 15 is 4.39 Å². The average Bonchev–Trinajstić information content (AvgIpc) is 3.64. The molecule has 6 heterocycles. The highest BCUT2D eigenvalue weighted by Crippen LogP contribution is 2.39. The fraction of sp³-hybridized carbons (Fsp3) is 0.455. The molecule has 1 unspecified atom stereocenters. The number of rotatable bonds is 8. The normalized spacial score (nSPS) is 25.0. The Bertz CT molecular complexity index is 2250. The number of nitriles is 1. The quantitative estimate of drug-likeness (QED) is 0.308. The van der Waals surface area contributed by atoms with Crippen molar-refractivity contribution in [3.05, 3.63) is 87.7 Å². The number of piperazine rings is 1. The number of imide groups is 2. The molecule has 5 amide bonds. The summed E-state index contributed by atoms with van der Waals surface area (Å²) >= 11 is 6.21. The monoisotopic (exact) mass is 821 g/mol. The first-order valence-corrected chi connectivity index (χ1v) is 21.0. The summed E-state index contributed by atoms with van der Waals surface area (Å²) in [5.74, 6) is -1.47. The van der Waals surface area contributed by atoms with Crippen LogP contribution in [0.5, 0.6) is 5.75 Å². The molecule has 0 saturated carbocycles. The zero-order valence-corrected chi connectivity index (χ0v) is 33.3. The predicted octanol–water partition coefficient (Wildman–Crippen LogP) is 5.01. The molecule has 9 rings (SSSR count). The lowest BCUT2D eigenvalue weighted by atomic mass is 9.95. The molecule has 3 aromatic rings. The number of anilines is 2. The van der Waals surface area contributed by atoms with E-state index in [0.29, 0.717) is 59.4 Å². The molecular weight excluding hydrogens is 777 g/mol. The van der Waals surface area contributed by atoms with Crippen molar-refractivity contribution in [1.29, 1.82) is 5.26 Å². The maximum atomic E-state index is 15.7. The Labute approximate surface area is 346 Å². The van der Waals surface area contributed by atoms with Crippen LogP contribution in [0.2, 0.25) is 5.02 Å². The molecule has 2 bridgehead atoms. The van der Waals surface area contributed by atoms with E-state index in [-0.39, 0.29) is 53.9 Å². The van der Waals surface area contributed by atoms with Crippen molar-refractivity contribution < 1.29 is 33.1 Å². The van der Waals surface area contributed by atoms with Gasteiger partial charge >= 0.3 is 0 Å². The van der Waals surface area contributed by atoms with E-state index in [9.17, 15) is 24.0 Å². The van der Waals surface area contributed by atoms with Crippen LogP contribution in [-0.2, 0) is 9.59 Å². The van der Waals surface area contributed by atoms with Crippen molar-refractivity contribution in [3.8, 4) is 11.8 Å². The minimum absolute atomic E-state index is 0.0137. The number of carbonyl (C=O) groups excluding carboxylic acids is 5. The Morgan fingerprint density at radius 2 is 1.56 bits per heavy atom. The topological polar surface area (TPSA) is 147 Å². The van der Waals surface area contributed by atoms with Gasteiger partial charge in [-0.25, -0.2) is 4.39 Å². The van der Waals surface area contributed by atoms with Crippen molar-refractivity contribution in [1.82, 2.24) is 20.0 Å². The van der Waals surface area contributed by atoms with Gasteiger partial charge < -0.3 is 19.4 Å². The smallest absolute Gasteiger partial charge is 0.262 e. The van der Waals surface area contributed by atoms with Crippen LogP contribution in [0, 0.1) is 23.1 Å². The second-order valence-corrected chi connectivity index (χ2v) is 17.0. The third kappa shape index (κ3) is 7.51. The van der Waals surface area contributed by atoms with Crippen LogP contribution in [0.15, 0.2) is 54.6 Å². The maximum Gasteiger partial charge on any atom is 0.262 e. The molecule has 5 fully saturated rings. The van der Waals surface area contributed by atoms with E-state index in [2.05, 4.69) is 26.1 Å². The molecule has 13 nitrogen and oxygen atoms in total. The van der Waals surface area contributed by atoms with E-state index in [1.165, 1.54) is 6.07 Å². The van der Waals surface area contributed by atoms with Crippen molar-refractivity contribution in [2.24, 2.45) is 5.92 Å². The standard InChI is InChI=1S/C44H45ClFN7O6/c45-36-23-32(6-1-28(36)24-47)59-33-20-30-3-4-31(21-33)52(30)42(56)27-2-8-38(37(46)19-27)51-17-15-49(16-18-51)25-26-11-13-50(14-12-26)29-5-7-34-35(22-29)44(58)53(43(34)57)39-9-10-40(54)48-41(39)55/h1-2,5-8,19,22-23,26,30-31,33,39H,3-4,9-18,20-21,25H2,(H,48,54,55)/t30-,31+,33+,39?. The molecule has 3 aromatic carbocycles. The molecule has 4 atom stereocenters. The van der Waals surface area contributed by atoms with Crippen LogP contribution in [0.25, 0.3) is 0 Å². The second kappa shape index (κ2) is 15.9. The number of halogens is 2. The molecule has 0 radical (unpaired) electrons. The van der Waals surface area contributed by atoms with Gasteiger partial charge in [-0.3, -0.25) is 39.1 Å². The van der Waals surface area contributed by atoms with Gasteiger partial charge in [-0.15, -0.1) is 0 Å². The van der Waals surface area contributed by atoms with Crippen LogP contribution < -0.4 is 19.9 Å². The third-order valence-corrected chi connectivity index (χ3v) is 13.4. The number of hydrogen-bond acceptors (Lipinski definition) is 10. The number of hydrogen-bond donors (Lipinski definition) is 1. The van der Waals surface area contributed by atoms with E-state index < -0.39 is 29.7 Å². The fourth-order valence-electron chi connectivity index (χ4n) is 10.0. The van der Waals surface area contributed by atoms with Gasteiger partial charge in [-0.1, -0.05) is 11.6 Å². The van der Waals surface area contributed by atoms with Crippen LogP contribution >= 0.6 is 11.6 Å². The molecule has 5 saturated heterocycles. The van der Waals surface area contributed by atoms with E-state index in [0.717, 1.165) is 69.0 Å². The number of benzene rings is 3. The summed E-state index contributed by atoms with van der Waals surface area (Å²) in [6.45, 7) is 5.53. The highest BCUT2D eigenvalue weighted by atomic mass is 35.5. The summed E-state index contributed by atoms with van der Waals surface area (Å²) in [5.41, 5.74) is 2.70. The number of nitrogens with zero attached hydrogens (tertiary/aromatic N) is 6. The summed E-state index contributed by atoms with van der Waals surface area (Å²) in [4.78, 5) is 74.0. The molecular formula is C44H45ClFN7O6. The Morgan fingerprint density at radius 3 is 2.24 bits per heavy atom. The van der Waals surface area contributed by atoms with E-state index in [4.69, 9.17) is 21.6 Å². The molecule has 0 aromatic heterocycles. The van der Waals surface area contributed by atoms with E-state index in [1.54, 1.807) is 42.5 Å². The van der Waals surface area contributed by atoms with Gasteiger partial charge in [0.2, 0.25) is 11.8 Å². The Balaban J connectivity index is 0.743. The van der Waals surface area contributed by atoms with Crippen molar-refractivity contribution in [3.63, 3.8) is 0 Å². The number of piperidine rings is 3. The molecule has 0 aliphatic carbocycles. The van der Waals surface area contributed by atoms with Gasteiger partial charge in [0.15, 0.2) is 0 Å². The summed E-state index contributed by atoms with van der Waals surface area (Å²) in [6.07, 6.45) is 5.17. The van der Waals surface area contributed by atoms with Crippen molar-refractivity contribution in [2.45, 2.75) is 75.6 Å². The highest BCUT2D eigenvalue weighted by Gasteiger charge is 2.46. The zero-order valence-electron chi connectivity index (χ0n) is 32.6. The fourth-order valence-corrected chi connectivity index (χ4v) is 10.2. The summed E-state index contributed by atoms with van der Waals surface area (Å²) in [7, 11) is 0. The number of amides is 5. The molecule has 6 aliphatic heterocycles. The first-order chi connectivity index (χ1) is 28.5. The molecule has 306 valence electrons. The Hall–Kier alpha value is -5.52. The molecule has 6 aliphatic rings. The summed E-state index contributed by atoms with van der Waals surface area (Å²) in [6, 6.07) is 16.3.